The highest BCUT2D eigenvalue weighted by atomic mass is 16.5. The first-order valence-corrected chi connectivity index (χ1v) is 7.67. The fourth-order valence-corrected chi connectivity index (χ4v) is 2.05. The lowest BCUT2D eigenvalue weighted by Crippen LogP contribution is -2.41. The number of unbranched alkanes of at least 4 members (excludes halogenated alkanes) is 1. The van der Waals surface area contributed by atoms with Crippen LogP contribution < -0.4 is 5.32 Å². The standard InChI is InChI=1S/C17H25NO4/c1-4-5-11-22-13(3)16(19)18-15(12(2)17(20)21)14-9-7-6-8-10-14/h6-10,12-13,15H,4-5,11H2,1-3H3,(H,18,19)(H,20,21). The van der Waals surface area contributed by atoms with Crippen molar-refractivity contribution in [2.24, 2.45) is 5.92 Å². The molecular formula is C17H25NO4. The number of hydrogen-bond acceptors (Lipinski definition) is 3. The number of benzene rings is 1. The molecule has 22 heavy (non-hydrogen) atoms. The van der Waals surface area contributed by atoms with Gasteiger partial charge in [-0.15, -0.1) is 0 Å². The Kier molecular flexibility index (Phi) is 7.60. The number of nitrogens with one attached hydrogen (secondary N) is 1. The number of rotatable bonds is 9. The number of aliphatic carboxylic acids is 1. The minimum absolute atomic E-state index is 0.293. The van der Waals surface area contributed by atoms with E-state index in [0.717, 1.165) is 18.4 Å². The van der Waals surface area contributed by atoms with E-state index in [2.05, 4.69) is 5.32 Å². The first-order valence-electron chi connectivity index (χ1n) is 7.67. The molecule has 0 bridgehead atoms. The van der Waals surface area contributed by atoms with Gasteiger partial charge in [-0.1, -0.05) is 43.7 Å². The summed E-state index contributed by atoms with van der Waals surface area (Å²) >= 11 is 0. The molecule has 0 spiro atoms. The largest absolute Gasteiger partial charge is 0.481 e. The highest BCUT2D eigenvalue weighted by Crippen LogP contribution is 2.22. The van der Waals surface area contributed by atoms with Gasteiger partial charge in [0.05, 0.1) is 12.0 Å². The predicted octanol–water partition coefficient (Wildman–Crippen LogP) is 2.77. The minimum Gasteiger partial charge on any atom is -0.481 e. The van der Waals surface area contributed by atoms with E-state index in [1.807, 2.05) is 37.3 Å². The fraction of sp³-hybridized carbons (Fsp3) is 0.529. The highest BCUT2D eigenvalue weighted by Gasteiger charge is 2.28. The van der Waals surface area contributed by atoms with Gasteiger partial charge in [0, 0.05) is 6.61 Å². The molecule has 0 aliphatic rings. The molecule has 0 aliphatic carbocycles. The fourth-order valence-electron chi connectivity index (χ4n) is 2.05. The van der Waals surface area contributed by atoms with Crippen LogP contribution in [0.3, 0.4) is 0 Å². The van der Waals surface area contributed by atoms with E-state index in [0.29, 0.717) is 6.61 Å². The number of carbonyl (C=O) groups is 2. The lowest BCUT2D eigenvalue weighted by Gasteiger charge is -2.24. The van der Waals surface area contributed by atoms with Crippen LogP contribution in [-0.4, -0.2) is 29.7 Å². The van der Waals surface area contributed by atoms with Gasteiger partial charge in [0.2, 0.25) is 5.91 Å². The Labute approximate surface area is 131 Å². The van der Waals surface area contributed by atoms with E-state index < -0.39 is 24.0 Å². The third-order valence-corrected chi connectivity index (χ3v) is 3.58. The second-order valence-corrected chi connectivity index (χ2v) is 5.39. The second kappa shape index (κ2) is 9.20. The van der Waals surface area contributed by atoms with Crippen molar-refractivity contribution >= 4 is 11.9 Å². The number of ether oxygens (including phenoxy) is 1. The van der Waals surface area contributed by atoms with Crippen molar-refractivity contribution in [3.05, 3.63) is 35.9 Å². The maximum absolute atomic E-state index is 12.2. The van der Waals surface area contributed by atoms with Crippen molar-refractivity contribution in [1.82, 2.24) is 5.32 Å². The molecule has 3 atom stereocenters. The number of carboxylic acid groups (broad SMARTS) is 1. The Morgan fingerprint density at radius 3 is 2.41 bits per heavy atom. The van der Waals surface area contributed by atoms with Crippen LogP contribution in [0.25, 0.3) is 0 Å². The van der Waals surface area contributed by atoms with Gasteiger partial charge in [0.15, 0.2) is 0 Å². The maximum atomic E-state index is 12.2. The van der Waals surface area contributed by atoms with Gasteiger partial charge in [-0.3, -0.25) is 9.59 Å². The van der Waals surface area contributed by atoms with Gasteiger partial charge in [-0.05, 0) is 25.8 Å². The number of amides is 1. The molecule has 1 aromatic rings. The van der Waals surface area contributed by atoms with Gasteiger partial charge in [-0.25, -0.2) is 0 Å². The average Bonchev–Trinajstić information content (AvgIpc) is 2.52. The summed E-state index contributed by atoms with van der Waals surface area (Å²) in [6, 6.07) is 8.54. The van der Waals surface area contributed by atoms with Crippen molar-refractivity contribution in [2.75, 3.05) is 6.61 Å². The summed E-state index contributed by atoms with van der Waals surface area (Å²) in [4.78, 5) is 23.5. The van der Waals surface area contributed by atoms with Crippen LogP contribution in [0.15, 0.2) is 30.3 Å². The number of carbonyl (C=O) groups excluding carboxylic acids is 1. The van der Waals surface area contributed by atoms with Gasteiger partial charge in [0.25, 0.3) is 0 Å². The summed E-state index contributed by atoms with van der Waals surface area (Å²) in [5, 5.41) is 12.1. The van der Waals surface area contributed by atoms with E-state index in [9.17, 15) is 14.7 Å². The third-order valence-electron chi connectivity index (χ3n) is 3.58. The van der Waals surface area contributed by atoms with Gasteiger partial charge < -0.3 is 15.2 Å². The average molecular weight is 307 g/mol. The van der Waals surface area contributed by atoms with E-state index >= 15 is 0 Å². The monoisotopic (exact) mass is 307 g/mol. The molecule has 0 aliphatic heterocycles. The Bertz CT molecular complexity index is 475. The first-order chi connectivity index (χ1) is 10.5. The molecule has 122 valence electrons. The molecule has 1 rings (SSSR count). The number of hydrogen-bond donors (Lipinski definition) is 2. The molecule has 5 heteroatoms. The molecule has 1 aromatic carbocycles. The SMILES string of the molecule is CCCCOC(C)C(=O)NC(c1ccccc1)C(C)C(=O)O. The summed E-state index contributed by atoms with van der Waals surface area (Å²) in [6.45, 7) is 5.84. The third kappa shape index (κ3) is 5.48. The summed E-state index contributed by atoms with van der Waals surface area (Å²) in [6.07, 6.45) is 1.29. The Hall–Kier alpha value is -1.88. The van der Waals surface area contributed by atoms with Crippen LogP contribution in [-0.2, 0) is 14.3 Å². The zero-order valence-corrected chi connectivity index (χ0v) is 13.4. The van der Waals surface area contributed by atoms with E-state index in [4.69, 9.17) is 4.74 Å². The molecule has 0 aromatic heterocycles. The summed E-state index contributed by atoms with van der Waals surface area (Å²) in [7, 11) is 0. The smallest absolute Gasteiger partial charge is 0.308 e. The molecule has 0 radical (unpaired) electrons. The molecule has 0 saturated heterocycles. The molecule has 5 nitrogen and oxygen atoms in total. The van der Waals surface area contributed by atoms with Crippen LogP contribution >= 0.6 is 0 Å². The Morgan fingerprint density at radius 2 is 1.86 bits per heavy atom. The van der Waals surface area contributed by atoms with Crippen LogP contribution in [0.4, 0.5) is 0 Å². The predicted molar refractivity (Wildman–Crippen MR) is 84.4 cm³/mol. The minimum atomic E-state index is -0.950. The van der Waals surface area contributed by atoms with Crippen molar-refractivity contribution in [3.63, 3.8) is 0 Å². The Morgan fingerprint density at radius 1 is 1.23 bits per heavy atom. The molecule has 0 fully saturated rings. The normalized spacial score (nSPS) is 14.9. The topological polar surface area (TPSA) is 75.6 Å². The second-order valence-electron chi connectivity index (χ2n) is 5.39. The molecule has 0 heterocycles. The van der Waals surface area contributed by atoms with Crippen molar-refractivity contribution in [1.29, 1.82) is 0 Å². The first kappa shape index (κ1) is 18.2. The van der Waals surface area contributed by atoms with Crippen LogP contribution in [0, 0.1) is 5.92 Å². The molecule has 3 unspecified atom stereocenters. The van der Waals surface area contributed by atoms with Gasteiger partial charge in [0.1, 0.15) is 6.10 Å². The van der Waals surface area contributed by atoms with Crippen LogP contribution in [0.2, 0.25) is 0 Å². The molecule has 1 amide bonds. The quantitative estimate of drug-likeness (QED) is 0.688. The Balaban J connectivity index is 2.76. The van der Waals surface area contributed by atoms with Gasteiger partial charge >= 0.3 is 5.97 Å². The highest BCUT2D eigenvalue weighted by molar-refractivity contribution is 5.82. The summed E-state index contributed by atoms with van der Waals surface area (Å²) in [5.74, 6) is -1.97. The van der Waals surface area contributed by atoms with Crippen molar-refractivity contribution in [2.45, 2.75) is 45.8 Å². The molecule has 2 N–H and O–H groups in total. The van der Waals surface area contributed by atoms with Gasteiger partial charge in [-0.2, -0.15) is 0 Å². The molecular weight excluding hydrogens is 282 g/mol. The lowest BCUT2D eigenvalue weighted by molar-refractivity contribution is -0.143. The number of carboxylic acids is 1. The zero-order chi connectivity index (χ0) is 16.5. The van der Waals surface area contributed by atoms with Crippen LogP contribution in [0.1, 0.15) is 45.2 Å². The summed E-state index contributed by atoms with van der Waals surface area (Å²) < 4.78 is 5.46. The molecule has 0 saturated carbocycles. The van der Waals surface area contributed by atoms with Crippen molar-refractivity contribution in [3.8, 4) is 0 Å². The maximum Gasteiger partial charge on any atom is 0.308 e. The van der Waals surface area contributed by atoms with E-state index in [-0.39, 0.29) is 5.91 Å². The van der Waals surface area contributed by atoms with Crippen LogP contribution in [0.5, 0.6) is 0 Å². The van der Waals surface area contributed by atoms with E-state index in [1.54, 1.807) is 13.8 Å². The summed E-state index contributed by atoms with van der Waals surface area (Å²) in [5.41, 5.74) is 0.770. The lowest BCUT2D eigenvalue weighted by atomic mass is 9.94. The zero-order valence-electron chi connectivity index (χ0n) is 13.4. The van der Waals surface area contributed by atoms with Crippen molar-refractivity contribution < 1.29 is 19.4 Å². The van der Waals surface area contributed by atoms with E-state index in [1.165, 1.54) is 0 Å².